The van der Waals surface area contributed by atoms with E-state index in [0.29, 0.717) is 0 Å². The van der Waals surface area contributed by atoms with Gasteiger partial charge < -0.3 is 5.32 Å². The maximum absolute atomic E-state index is 12.6. The highest BCUT2D eigenvalue weighted by Gasteiger charge is 2.26. The lowest BCUT2D eigenvalue weighted by atomic mass is 9.99. The molecule has 28 heavy (non-hydrogen) atoms. The van der Waals surface area contributed by atoms with Gasteiger partial charge in [0.1, 0.15) is 11.4 Å². The van der Waals surface area contributed by atoms with Gasteiger partial charge in [-0.2, -0.15) is 5.10 Å². The third-order valence-electron chi connectivity index (χ3n) is 5.21. The van der Waals surface area contributed by atoms with Gasteiger partial charge in [-0.1, -0.05) is 6.07 Å². The first-order valence-corrected chi connectivity index (χ1v) is 10.7. The van der Waals surface area contributed by atoms with Crippen molar-refractivity contribution in [3.05, 3.63) is 40.7 Å². The van der Waals surface area contributed by atoms with Crippen molar-refractivity contribution in [2.24, 2.45) is 0 Å². The lowest BCUT2D eigenvalue weighted by molar-refractivity contribution is 0.121. The molecule has 150 valence electrons. The third kappa shape index (κ3) is 3.60. The van der Waals surface area contributed by atoms with Gasteiger partial charge in [-0.3, -0.25) is 4.68 Å². The molecule has 4 rings (SSSR count). The summed E-state index contributed by atoms with van der Waals surface area (Å²) in [5.74, 6) is 0. The van der Waals surface area contributed by atoms with E-state index >= 15 is 0 Å². The van der Waals surface area contributed by atoms with Crippen molar-refractivity contribution in [3.63, 3.8) is 0 Å². The van der Waals surface area contributed by atoms with Crippen LogP contribution in [0.25, 0.3) is 0 Å². The smallest absolute Gasteiger partial charge is 0.307 e. The molecule has 2 aromatic rings. The second kappa shape index (κ2) is 7.16. The van der Waals surface area contributed by atoms with Crippen LogP contribution in [-0.2, 0) is 42.1 Å². The van der Waals surface area contributed by atoms with Gasteiger partial charge in [0.25, 0.3) is 6.43 Å². The molecule has 0 radical (unpaired) electrons. The highest BCUT2D eigenvalue weighted by atomic mass is 32.2. The monoisotopic (exact) mass is 409 g/mol. The molecule has 0 saturated heterocycles. The second-order valence-electron chi connectivity index (χ2n) is 7.14. The molecule has 3 N–H and O–H groups in total. The molecular weight excluding hydrogens is 388 g/mol. The molecule has 1 aromatic carbocycles. The fourth-order valence-corrected chi connectivity index (χ4v) is 4.93. The molecule has 1 heterocycles. The Labute approximate surface area is 161 Å². The summed E-state index contributed by atoms with van der Waals surface area (Å²) in [4.78, 5) is 12.4. The molecule has 0 aliphatic heterocycles. The van der Waals surface area contributed by atoms with Gasteiger partial charge >= 0.3 is 6.03 Å². The predicted molar refractivity (Wildman–Crippen MR) is 100 cm³/mol. The summed E-state index contributed by atoms with van der Waals surface area (Å²) in [5, 5.41) is 6.49. The fourth-order valence-electron chi connectivity index (χ4n) is 4.03. The molecule has 2 aliphatic carbocycles. The second-order valence-corrected chi connectivity index (χ2v) is 8.92. The van der Waals surface area contributed by atoms with E-state index in [2.05, 4.69) is 21.2 Å². The van der Waals surface area contributed by atoms with Gasteiger partial charge in [0.05, 0.1) is 6.20 Å². The number of anilines is 1. The van der Waals surface area contributed by atoms with Gasteiger partial charge in [0.15, 0.2) is 9.92 Å². The zero-order chi connectivity index (χ0) is 19.9. The molecule has 7 nitrogen and oxygen atoms in total. The Bertz CT molecular complexity index is 1000. The number of halogens is 2. The van der Waals surface area contributed by atoms with E-state index in [1.54, 1.807) is 0 Å². The zero-order valence-corrected chi connectivity index (χ0v) is 16.0. The Morgan fingerprint density at radius 3 is 2.46 bits per heavy atom. The van der Waals surface area contributed by atoms with E-state index in [9.17, 15) is 17.8 Å². The van der Waals surface area contributed by atoms with E-state index in [1.165, 1.54) is 11.1 Å². The van der Waals surface area contributed by atoms with E-state index in [0.717, 1.165) is 72.4 Å². The maximum atomic E-state index is 12.6. The standard InChI is InChI=1S/C18H21F2N5O2S/c19-16(20)10-25-9-13(8-22-25)28(21,27)24-18(26)23-17-14-5-1-3-11(14)7-12-4-2-6-15(12)17/h7-9,16H,1-6,10H2,(H3,21,23,24,26,27). The quantitative estimate of drug-likeness (QED) is 0.707. The van der Waals surface area contributed by atoms with Crippen molar-refractivity contribution >= 4 is 21.6 Å². The Morgan fingerprint density at radius 2 is 1.86 bits per heavy atom. The van der Waals surface area contributed by atoms with Crippen LogP contribution in [0.4, 0.5) is 19.3 Å². The topological polar surface area (TPSA) is 99.9 Å². The number of alkyl halides is 2. The van der Waals surface area contributed by atoms with Crippen LogP contribution in [0.3, 0.4) is 0 Å². The zero-order valence-electron chi connectivity index (χ0n) is 15.1. The number of amides is 2. The van der Waals surface area contributed by atoms with Crippen molar-refractivity contribution in [1.29, 1.82) is 4.78 Å². The van der Waals surface area contributed by atoms with Gasteiger partial charge in [0, 0.05) is 11.9 Å². The van der Waals surface area contributed by atoms with E-state index in [-0.39, 0.29) is 4.90 Å². The first kappa shape index (κ1) is 18.9. The molecule has 1 unspecified atom stereocenters. The minimum Gasteiger partial charge on any atom is -0.307 e. The number of benzene rings is 1. The van der Waals surface area contributed by atoms with Crippen molar-refractivity contribution in [2.75, 3.05) is 5.32 Å². The Kier molecular flexibility index (Phi) is 4.82. The number of hydrogen-bond donors (Lipinski definition) is 3. The van der Waals surface area contributed by atoms with Crippen molar-refractivity contribution in [2.45, 2.75) is 56.4 Å². The number of aromatic nitrogens is 2. The largest absolute Gasteiger partial charge is 0.331 e. The normalized spacial score (nSPS) is 17.2. The van der Waals surface area contributed by atoms with Crippen molar-refractivity contribution < 1.29 is 17.8 Å². The molecule has 0 bridgehead atoms. The lowest BCUT2D eigenvalue weighted by Gasteiger charge is -2.17. The lowest BCUT2D eigenvalue weighted by Crippen LogP contribution is -2.34. The average Bonchev–Trinajstić information content (AvgIpc) is 3.32. The number of rotatable bonds is 5. The van der Waals surface area contributed by atoms with E-state index < -0.39 is 28.9 Å². The van der Waals surface area contributed by atoms with E-state index in [1.807, 2.05) is 0 Å². The van der Waals surface area contributed by atoms with E-state index in [4.69, 9.17) is 4.78 Å². The molecule has 10 heteroatoms. The van der Waals surface area contributed by atoms with Crippen LogP contribution in [0.2, 0.25) is 0 Å². The highest BCUT2D eigenvalue weighted by Crippen LogP contribution is 2.38. The first-order chi connectivity index (χ1) is 13.3. The Morgan fingerprint density at radius 1 is 1.21 bits per heavy atom. The number of nitrogens with one attached hydrogen (secondary N) is 3. The van der Waals surface area contributed by atoms with Gasteiger partial charge in [-0.15, -0.1) is 0 Å². The van der Waals surface area contributed by atoms with Gasteiger partial charge in [-0.25, -0.2) is 27.3 Å². The number of carbonyl (C=O) groups is 1. The third-order valence-corrected chi connectivity index (χ3v) is 6.56. The number of nitrogens with zero attached hydrogens (tertiary/aromatic N) is 2. The summed E-state index contributed by atoms with van der Waals surface area (Å²) in [7, 11) is -3.71. The van der Waals surface area contributed by atoms with Crippen LogP contribution in [-0.4, -0.2) is 26.4 Å². The molecule has 1 atom stereocenters. The van der Waals surface area contributed by atoms with Crippen molar-refractivity contribution in [1.82, 2.24) is 14.5 Å². The average molecular weight is 409 g/mol. The SMILES string of the molecule is N=S(=O)(NC(=O)Nc1c2c(cc3c1CCC3)CCC2)c1cnn(CC(F)F)c1. The number of aryl methyl sites for hydroxylation is 2. The van der Waals surface area contributed by atoms with Crippen LogP contribution in [0, 0.1) is 4.78 Å². The Balaban J connectivity index is 1.53. The minimum atomic E-state index is -3.71. The summed E-state index contributed by atoms with van der Waals surface area (Å²) < 4.78 is 48.5. The van der Waals surface area contributed by atoms with Gasteiger partial charge in [-0.05, 0) is 60.8 Å². The number of urea groups is 1. The number of carbonyl (C=O) groups excluding carboxylic acids is 1. The minimum absolute atomic E-state index is 0.119. The summed E-state index contributed by atoms with van der Waals surface area (Å²) in [6.45, 7) is -0.663. The molecule has 0 fully saturated rings. The first-order valence-electron chi connectivity index (χ1n) is 9.18. The van der Waals surface area contributed by atoms with Crippen LogP contribution < -0.4 is 10.0 Å². The molecular formula is C18H21F2N5O2S. The number of hydrogen-bond acceptors (Lipinski definition) is 4. The summed E-state index contributed by atoms with van der Waals surface area (Å²) in [6, 6.07) is 1.50. The van der Waals surface area contributed by atoms with Crippen LogP contribution >= 0.6 is 0 Å². The Hall–Kier alpha value is -2.49. The summed E-state index contributed by atoms with van der Waals surface area (Å²) in [5.41, 5.74) is 5.52. The van der Waals surface area contributed by atoms with Crippen LogP contribution in [0.15, 0.2) is 23.4 Å². The highest BCUT2D eigenvalue weighted by molar-refractivity contribution is 7.91. The predicted octanol–water partition coefficient (Wildman–Crippen LogP) is 3.27. The van der Waals surface area contributed by atoms with Gasteiger partial charge in [0.2, 0.25) is 0 Å². The molecule has 0 spiro atoms. The van der Waals surface area contributed by atoms with Crippen LogP contribution in [0.5, 0.6) is 0 Å². The summed E-state index contributed by atoms with van der Waals surface area (Å²) >= 11 is 0. The molecule has 1 aromatic heterocycles. The maximum Gasteiger partial charge on any atom is 0.331 e. The van der Waals surface area contributed by atoms with Crippen molar-refractivity contribution in [3.8, 4) is 0 Å². The molecule has 2 amide bonds. The molecule has 0 saturated carbocycles. The fraction of sp³-hybridized carbons (Fsp3) is 0.444. The summed E-state index contributed by atoms with van der Waals surface area (Å²) in [6.07, 6.45) is 5.35. The molecule has 2 aliphatic rings. The van der Waals surface area contributed by atoms with Crippen LogP contribution in [0.1, 0.15) is 35.1 Å². The number of fused-ring (bicyclic) bond motifs is 2.